The fraction of sp³-hybridized carbons (Fsp3) is 0.471. The van der Waals surface area contributed by atoms with E-state index in [4.69, 9.17) is 0 Å². The van der Waals surface area contributed by atoms with Gasteiger partial charge in [-0.15, -0.1) is 0 Å². The van der Waals surface area contributed by atoms with Gasteiger partial charge in [-0.2, -0.15) is 0 Å². The van der Waals surface area contributed by atoms with Gasteiger partial charge in [-0.3, -0.25) is 0 Å². The van der Waals surface area contributed by atoms with Crippen molar-refractivity contribution < 1.29 is 0 Å². The lowest BCUT2D eigenvalue weighted by Gasteiger charge is -2.35. The van der Waals surface area contributed by atoms with E-state index in [2.05, 4.69) is 72.2 Å². The Hall–Kier alpha value is -1.61. The number of imidazole rings is 1. The van der Waals surface area contributed by atoms with Crippen molar-refractivity contribution in [3.05, 3.63) is 54.1 Å². The summed E-state index contributed by atoms with van der Waals surface area (Å²) < 4.78 is 2.21. The lowest BCUT2D eigenvalue weighted by Crippen LogP contribution is -2.45. The van der Waals surface area contributed by atoms with Crippen molar-refractivity contribution in [2.75, 3.05) is 7.05 Å². The summed E-state index contributed by atoms with van der Waals surface area (Å²) >= 11 is 0. The van der Waals surface area contributed by atoms with Crippen LogP contribution in [0.25, 0.3) is 0 Å². The van der Waals surface area contributed by atoms with E-state index in [0.29, 0.717) is 6.04 Å². The second kappa shape index (κ2) is 6.23. The first-order valence-corrected chi connectivity index (χ1v) is 7.32. The minimum atomic E-state index is 0.0561. The van der Waals surface area contributed by atoms with Gasteiger partial charge in [0.1, 0.15) is 5.82 Å². The van der Waals surface area contributed by atoms with Crippen LogP contribution in [0.2, 0.25) is 0 Å². The zero-order valence-electron chi connectivity index (χ0n) is 12.9. The summed E-state index contributed by atoms with van der Waals surface area (Å²) in [6, 6.07) is 11.0. The minimum Gasteiger partial charge on any atom is -0.335 e. The number of benzene rings is 1. The summed E-state index contributed by atoms with van der Waals surface area (Å²) in [4.78, 5) is 4.50. The van der Waals surface area contributed by atoms with Gasteiger partial charge < -0.3 is 9.88 Å². The maximum Gasteiger partial charge on any atom is 0.110 e. The van der Waals surface area contributed by atoms with E-state index < -0.39 is 0 Å². The summed E-state index contributed by atoms with van der Waals surface area (Å²) in [6.45, 7) is 7.71. The first-order chi connectivity index (χ1) is 9.59. The topological polar surface area (TPSA) is 29.9 Å². The number of aryl methyl sites for hydroxylation is 1. The number of nitrogens with zero attached hydrogens (tertiary/aromatic N) is 2. The summed E-state index contributed by atoms with van der Waals surface area (Å²) in [5.74, 6) is 1.15. The zero-order valence-corrected chi connectivity index (χ0v) is 12.9. The summed E-state index contributed by atoms with van der Waals surface area (Å²) in [5, 5.41) is 3.48. The lowest BCUT2D eigenvalue weighted by molar-refractivity contribution is 0.348. The van der Waals surface area contributed by atoms with E-state index in [0.717, 1.165) is 18.8 Å². The molecule has 0 spiro atoms. The molecule has 2 aromatic rings. The molecule has 0 saturated heterocycles. The molecule has 3 heteroatoms. The molecule has 0 bridgehead atoms. The van der Waals surface area contributed by atoms with Crippen molar-refractivity contribution in [3.8, 4) is 0 Å². The molecule has 0 aliphatic heterocycles. The normalized spacial score (nSPS) is 13.4. The van der Waals surface area contributed by atoms with E-state index >= 15 is 0 Å². The third kappa shape index (κ3) is 2.93. The van der Waals surface area contributed by atoms with Crippen LogP contribution in [-0.2, 0) is 18.4 Å². The number of hydrogen-bond donors (Lipinski definition) is 1. The van der Waals surface area contributed by atoms with E-state index in [1.54, 1.807) is 0 Å². The molecule has 1 aromatic carbocycles. The molecule has 0 aliphatic rings. The zero-order chi connectivity index (χ0) is 14.6. The van der Waals surface area contributed by atoms with Gasteiger partial charge in [0, 0.05) is 36.8 Å². The van der Waals surface area contributed by atoms with Gasteiger partial charge in [0.2, 0.25) is 0 Å². The van der Waals surface area contributed by atoms with Crippen LogP contribution < -0.4 is 5.32 Å². The van der Waals surface area contributed by atoms with Gasteiger partial charge in [0.25, 0.3) is 0 Å². The number of rotatable bonds is 6. The smallest absolute Gasteiger partial charge is 0.110 e. The van der Waals surface area contributed by atoms with Gasteiger partial charge in [0.15, 0.2) is 0 Å². The van der Waals surface area contributed by atoms with Crippen molar-refractivity contribution in [2.24, 2.45) is 0 Å². The van der Waals surface area contributed by atoms with Crippen molar-refractivity contribution in [3.63, 3.8) is 0 Å². The van der Waals surface area contributed by atoms with Crippen molar-refractivity contribution in [1.29, 1.82) is 0 Å². The van der Waals surface area contributed by atoms with Crippen LogP contribution in [0.5, 0.6) is 0 Å². The van der Waals surface area contributed by atoms with E-state index in [1.807, 2.05) is 13.2 Å². The number of likely N-dealkylation sites (N-methyl/N-ethyl adjacent to an activating group) is 1. The predicted molar refractivity (Wildman–Crippen MR) is 83.9 cm³/mol. The molecule has 3 nitrogen and oxygen atoms in total. The van der Waals surface area contributed by atoms with Crippen LogP contribution in [0.4, 0.5) is 0 Å². The Morgan fingerprint density at radius 3 is 2.55 bits per heavy atom. The highest BCUT2D eigenvalue weighted by atomic mass is 15.1. The Bertz CT molecular complexity index is 528. The lowest BCUT2D eigenvalue weighted by atomic mass is 9.76. The van der Waals surface area contributed by atoms with Gasteiger partial charge in [-0.1, -0.05) is 44.2 Å². The highest BCUT2D eigenvalue weighted by Gasteiger charge is 2.31. The third-order valence-electron chi connectivity index (χ3n) is 4.27. The summed E-state index contributed by atoms with van der Waals surface area (Å²) in [5.41, 5.74) is 1.41. The van der Waals surface area contributed by atoms with Gasteiger partial charge >= 0.3 is 0 Å². The maximum atomic E-state index is 4.50. The molecule has 0 aliphatic carbocycles. The number of hydrogen-bond acceptors (Lipinski definition) is 2. The Balaban J connectivity index is 2.24. The number of aromatic nitrogens is 2. The average molecular weight is 271 g/mol. The Morgan fingerprint density at radius 1 is 1.25 bits per heavy atom. The van der Waals surface area contributed by atoms with E-state index in [-0.39, 0.29) is 5.41 Å². The first kappa shape index (κ1) is 14.8. The molecule has 1 atom stereocenters. The van der Waals surface area contributed by atoms with Gasteiger partial charge in [-0.05, 0) is 19.5 Å². The maximum absolute atomic E-state index is 4.50. The standard InChI is InChI=1S/C17H25N3/c1-5-20-12-11-19-16(20)13-15(18-4)17(2,3)14-9-7-6-8-10-14/h6-12,15,18H,5,13H2,1-4H3. The van der Waals surface area contributed by atoms with Gasteiger partial charge in [0.05, 0.1) is 0 Å². The highest BCUT2D eigenvalue weighted by molar-refractivity contribution is 5.26. The molecule has 2 rings (SSSR count). The largest absolute Gasteiger partial charge is 0.335 e. The monoisotopic (exact) mass is 271 g/mol. The second-order valence-electron chi connectivity index (χ2n) is 5.76. The molecule has 0 saturated carbocycles. The molecule has 1 N–H and O–H groups in total. The Kier molecular flexibility index (Phi) is 4.61. The van der Waals surface area contributed by atoms with Crippen LogP contribution in [0, 0.1) is 0 Å². The average Bonchev–Trinajstić information content (AvgIpc) is 2.92. The molecular weight excluding hydrogens is 246 g/mol. The van der Waals surface area contributed by atoms with E-state index in [9.17, 15) is 0 Å². The van der Waals surface area contributed by atoms with Crippen molar-refractivity contribution in [2.45, 2.75) is 45.2 Å². The van der Waals surface area contributed by atoms with Crippen LogP contribution >= 0.6 is 0 Å². The van der Waals surface area contributed by atoms with Crippen molar-refractivity contribution >= 4 is 0 Å². The van der Waals surface area contributed by atoms with Crippen LogP contribution in [0.15, 0.2) is 42.7 Å². The van der Waals surface area contributed by atoms with E-state index in [1.165, 1.54) is 5.56 Å². The minimum absolute atomic E-state index is 0.0561. The Labute approximate surface area is 122 Å². The molecule has 1 aromatic heterocycles. The third-order valence-corrected chi connectivity index (χ3v) is 4.27. The second-order valence-corrected chi connectivity index (χ2v) is 5.76. The quantitative estimate of drug-likeness (QED) is 0.875. The van der Waals surface area contributed by atoms with Crippen LogP contribution in [-0.4, -0.2) is 22.6 Å². The molecule has 0 fully saturated rings. The fourth-order valence-corrected chi connectivity index (χ4v) is 2.79. The summed E-state index contributed by atoms with van der Waals surface area (Å²) in [7, 11) is 2.04. The summed E-state index contributed by atoms with van der Waals surface area (Å²) in [6.07, 6.45) is 4.87. The highest BCUT2D eigenvalue weighted by Crippen LogP contribution is 2.28. The molecule has 20 heavy (non-hydrogen) atoms. The Morgan fingerprint density at radius 2 is 1.95 bits per heavy atom. The van der Waals surface area contributed by atoms with Gasteiger partial charge in [-0.25, -0.2) is 4.98 Å². The molecule has 108 valence electrons. The SMILES string of the molecule is CCn1ccnc1CC(NC)C(C)(C)c1ccccc1. The molecule has 0 amide bonds. The van der Waals surface area contributed by atoms with Crippen LogP contribution in [0.3, 0.4) is 0 Å². The van der Waals surface area contributed by atoms with Crippen LogP contribution in [0.1, 0.15) is 32.2 Å². The fourth-order valence-electron chi connectivity index (χ4n) is 2.79. The molecule has 0 radical (unpaired) electrons. The first-order valence-electron chi connectivity index (χ1n) is 7.32. The van der Waals surface area contributed by atoms with Crippen molar-refractivity contribution in [1.82, 2.24) is 14.9 Å². The molecule has 1 heterocycles. The predicted octanol–water partition coefficient (Wildman–Crippen LogP) is 3.01. The molecular formula is C17H25N3. The molecule has 1 unspecified atom stereocenters. The number of nitrogens with one attached hydrogen (secondary N) is 1.